The summed E-state index contributed by atoms with van der Waals surface area (Å²) in [6, 6.07) is 7.02. The molecule has 0 saturated carbocycles. The van der Waals surface area contributed by atoms with Crippen molar-refractivity contribution in [2.24, 2.45) is 0 Å². The van der Waals surface area contributed by atoms with Crippen molar-refractivity contribution < 1.29 is 29.3 Å². The van der Waals surface area contributed by atoms with E-state index in [0.29, 0.717) is 5.75 Å². The summed E-state index contributed by atoms with van der Waals surface area (Å²) in [4.78, 5) is 21.7. The van der Waals surface area contributed by atoms with Crippen LogP contribution in [-0.2, 0) is 20.9 Å². The summed E-state index contributed by atoms with van der Waals surface area (Å²) < 4.78 is 9.94. The average molecular weight is 268 g/mol. The van der Waals surface area contributed by atoms with Crippen LogP contribution in [0.3, 0.4) is 0 Å². The summed E-state index contributed by atoms with van der Waals surface area (Å²) in [6.45, 7) is 0.103. The SMILES string of the molecule is COc1ccc(COC(=O)CCC(O)C(=O)O)cc1. The van der Waals surface area contributed by atoms with Crippen molar-refractivity contribution in [2.45, 2.75) is 25.6 Å². The Morgan fingerprint density at radius 3 is 2.42 bits per heavy atom. The van der Waals surface area contributed by atoms with Crippen LogP contribution in [0.15, 0.2) is 24.3 Å². The van der Waals surface area contributed by atoms with Crippen molar-refractivity contribution in [3.05, 3.63) is 29.8 Å². The van der Waals surface area contributed by atoms with Crippen molar-refractivity contribution >= 4 is 11.9 Å². The Morgan fingerprint density at radius 2 is 1.89 bits per heavy atom. The van der Waals surface area contributed by atoms with Crippen molar-refractivity contribution in [1.29, 1.82) is 0 Å². The molecule has 0 spiro atoms. The van der Waals surface area contributed by atoms with Crippen molar-refractivity contribution in [3.63, 3.8) is 0 Å². The van der Waals surface area contributed by atoms with Gasteiger partial charge in [-0.25, -0.2) is 4.79 Å². The number of hydrogen-bond donors (Lipinski definition) is 2. The number of rotatable bonds is 7. The molecule has 0 bridgehead atoms. The number of aliphatic hydroxyl groups is 1. The molecule has 1 rings (SSSR count). The molecule has 0 aliphatic heterocycles. The molecule has 6 heteroatoms. The van der Waals surface area contributed by atoms with E-state index in [9.17, 15) is 9.59 Å². The molecule has 0 saturated heterocycles. The van der Waals surface area contributed by atoms with E-state index in [1.807, 2.05) is 0 Å². The first-order valence-corrected chi connectivity index (χ1v) is 5.72. The first-order chi connectivity index (χ1) is 9.02. The quantitative estimate of drug-likeness (QED) is 0.715. The van der Waals surface area contributed by atoms with E-state index in [1.165, 1.54) is 0 Å². The van der Waals surface area contributed by atoms with E-state index in [0.717, 1.165) is 5.56 Å². The predicted molar refractivity (Wildman–Crippen MR) is 65.7 cm³/mol. The van der Waals surface area contributed by atoms with Gasteiger partial charge < -0.3 is 19.7 Å². The van der Waals surface area contributed by atoms with Gasteiger partial charge in [0.2, 0.25) is 0 Å². The molecule has 0 aliphatic rings. The van der Waals surface area contributed by atoms with Gasteiger partial charge >= 0.3 is 11.9 Å². The van der Waals surface area contributed by atoms with Crippen LogP contribution < -0.4 is 4.74 Å². The molecule has 0 aromatic heterocycles. The Kier molecular flexibility index (Phi) is 5.81. The molecule has 1 aromatic rings. The summed E-state index contributed by atoms with van der Waals surface area (Å²) in [6.07, 6.45) is -1.83. The van der Waals surface area contributed by atoms with Gasteiger partial charge in [0, 0.05) is 6.42 Å². The molecule has 0 fully saturated rings. The number of carbonyl (C=O) groups excluding carboxylic acids is 1. The van der Waals surface area contributed by atoms with E-state index in [1.54, 1.807) is 31.4 Å². The minimum Gasteiger partial charge on any atom is -0.497 e. The number of carboxylic acids is 1. The third-order valence-electron chi connectivity index (χ3n) is 2.47. The molecule has 2 N–H and O–H groups in total. The fraction of sp³-hybridized carbons (Fsp3) is 0.385. The molecule has 1 atom stereocenters. The van der Waals surface area contributed by atoms with Crippen molar-refractivity contribution in [2.75, 3.05) is 7.11 Å². The highest BCUT2D eigenvalue weighted by molar-refractivity contribution is 5.74. The molecule has 19 heavy (non-hydrogen) atoms. The van der Waals surface area contributed by atoms with Crippen LogP contribution in [0, 0.1) is 0 Å². The molecular weight excluding hydrogens is 252 g/mol. The molecule has 1 aromatic carbocycles. The minimum absolute atomic E-state index is 0.103. The highest BCUT2D eigenvalue weighted by Crippen LogP contribution is 2.12. The molecule has 104 valence electrons. The number of aliphatic hydroxyl groups excluding tert-OH is 1. The second kappa shape index (κ2) is 7.38. The fourth-order valence-electron chi connectivity index (χ4n) is 1.34. The third-order valence-corrected chi connectivity index (χ3v) is 2.47. The zero-order chi connectivity index (χ0) is 14.3. The molecule has 0 heterocycles. The van der Waals surface area contributed by atoms with Crippen LogP contribution >= 0.6 is 0 Å². The molecule has 0 amide bonds. The summed E-state index contributed by atoms with van der Waals surface area (Å²) >= 11 is 0. The Morgan fingerprint density at radius 1 is 1.26 bits per heavy atom. The van der Waals surface area contributed by atoms with Gasteiger partial charge in [0.15, 0.2) is 6.10 Å². The van der Waals surface area contributed by atoms with Crippen LogP contribution in [0.4, 0.5) is 0 Å². The lowest BCUT2D eigenvalue weighted by Gasteiger charge is -2.07. The Bertz CT molecular complexity index is 425. The number of hydrogen-bond acceptors (Lipinski definition) is 5. The molecule has 0 aliphatic carbocycles. The number of benzene rings is 1. The summed E-state index contributed by atoms with van der Waals surface area (Å²) in [5.41, 5.74) is 0.799. The largest absolute Gasteiger partial charge is 0.497 e. The van der Waals surface area contributed by atoms with Gasteiger partial charge in [0.1, 0.15) is 12.4 Å². The normalized spacial score (nSPS) is 11.7. The third kappa shape index (κ3) is 5.39. The second-order valence-electron chi connectivity index (χ2n) is 3.90. The lowest BCUT2D eigenvalue weighted by Crippen LogP contribution is -2.20. The number of carbonyl (C=O) groups is 2. The molecule has 0 radical (unpaired) electrons. The maximum atomic E-state index is 11.3. The van der Waals surface area contributed by atoms with Crippen molar-refractivity contribution in [1.82, 2.24) is 0 Å². The van der Waals surface area contributed by atoms with Gasteiger partial charge in [-0.05, 0) is 24.1 Å². The topological polar surface area (TPSA) is 93.1 Å². The van der Waals surface area contributed by atoms with Gasteiger partial charge in [-0.15, -0.1) is 0 Å². The predicted octanol–water partition coefficient (Wildman–Crippen LogP) is 0.964. The minimum atomic E-state index is -1.53. The number of esters is 1. The Hall–Kier alpha value is -2.08. The maximum Gasteiger partial charge on any atom is 0.332 e. The van der Waals surface area contributed by atoms with E-state index in [4.69, 9.17) is 19.7 Å². The van der Waals surface area contributed by atoms with Gasteiger partial charge in [0.05, 0.1) is 7.11 Å². The van der Waals surface area contributed by atoms with E-state index in [2.05, 4.69) is 0 Å². The lowest BCUT2D eigenvalue weighted by atomic mass is 10.2. The average Bonchev–Trinajstić information content (AvgIpc) is 2.42. The highest BCUT2D eigenvalue weighted by Gasteiger charge is 2.15. The van der Waals surface area contributed by atoms with E-state index in [-0.39, 0.29) is 19.4 Å². The molecule has 6 nitrogen and oxygen atoms in total. The van der Waals surface area contributed by atoms with Crippen LogP contribution in [0.2, 0.25) is 0 Å². The Balaban J connectivity index is 2.31. The van der Waals surface area contributed by atoms with Crippen molar-refractivity contribution in [3.8, 4) is 5.75 Å². The maximum absolute atomic E-state index is 11.3. The van der Waals surface area contributed by atoms with Gasteiger partial charge in [-0.1, -0.05) is 12.1 Å². The fourth-order valence-corrected chi connectivity index (χ4v) is 1.34. The monoisotopic (exact) mass is 268 g/mol. The smallest absolute Gasteiger partial charge is 0.332 e. The number of aliphatic carboxylic acids is 1. The number of carboxylic acid groups (broad SMARTS) is 1. The van der Waals surface area contributed by atoms with Crippen LogP contribution in [0.25, 0.3) is 0 Å². The zero-order valence-corrected chi connectivity index (χ0v) is 10.5. The molecular formula is C13H16O6. The standard InChI is InChI=1S/C13H16O6/c1-18-10-4-2-9(3-5-10)8-19-12(15)7-6-11(14)13(16)17/h2-5,11,14H,6-8H2,1H3,(H,16,17). The summed E-state index contributed by atoms with van der Waals surface area (Å²) in [7, 11) is 1.56. The second-order valence-corrected chi connectivity index (χ2v) is 3.90. The summed E-state index contributed by atoms with van der Waals surface area (Å²) in [5.74, 6) is -1.18. The lowest BCUT2D eigenvalue weighted by molar-refractivity contribution is -0.149. The first-order valence-electron chi connectivity index (χ1n) is 5.72. The van der Waals surface area contributed by atoms with E-state index >= 15 is 0 Å². The number of methoxy groups -OCH3 is 1. The van der Waals surface area contributed by atoms with Gasteiger partial charge in [-0.2, -0.15) is 0 Å². The van der Waals surface area contributed by atoms with Crippen LogP contribution in [0.1, 0.15) is 18.4 Å². The van der Waals surface area contributed by atoms with Gasteiger partial charge in [0.25, 0.3) is 0 Å². The highest BCUT2D eigenvalue weighted by atomic mass is 16.5. The number of ether oxygens (including phenoxy) is 2. The van der Waals surface area contributed by atoms with Crippen LogP contribution in [-0.4, -0.2) is 35.4 Å². The van der Waals surface area contributed by atoms with Gasteiger partial charge in [-0.3, -0.25) is 4.79 Å². The first kappa shape index (κ1) is 15.0. The zero-order valence-electron chi connectivity index (χ0n) is 10.5. The Labute approximate surface area is 110 Å². The van der Waals surface area contributed by atoms with Crippen LogP contribution in [0.5, 0.6) is 5.75 Å². The molecule has 1 unspecified atom stereocenters. The van der Waals surface area contributed by atoms with E-state index < -0.39 is 18.0 Å². The summed E-state index contributed by atoms with van der Waals surface area (Å²) in [5, 5.41) is 17.4.